The van der Waals surface area contributed by atoms with E-state index in [0.29, 0.717) is 32.0 Å². The first-order chi connectivity index (χ1) is 14.1. The number of hydrazone groups is 1. The largest absolute Gasteiger partial charge is 0.493 e. The average molecular weight is 470 g/mol. The standard InChI is InChI=1S/C21H16BrN3O3S/c1-27-18-10-14(12-24-25-21(26)19-7-4-8-29-19)9-17(22)20(18)28-13-16-6-3-2-5-15(16)11-23/h2-10,12H,13H2,1H3,(H,25,26)/b24-12-. The monoisotopic (exact) mass is 469 g/mol. The molecule has 0 atom stereocenters. The summed E-state index contributed by atoms with van der Waals surface area (Å²) in [5.41, 5.74) is 4.55. The van der Waals surface area contributed by atoms with E-state index in [1.807, 2.05) is 23.6 Å². The van der Waals surface area contributed by atoms with Crippen LogP contribution < -0.4 is 14.9 Å². The summed E-state index contributed by atoms with van der Waals surface area (Å²) >= 11 is 4.83. The topological polar surface area (TPSA) is 83.7 Å². The smallest absolute Gasteiger partial charge is 0.281 e. The van der Waals surface area contributed by atoms with Crippen LogP contribution in [0.4, 0.5) is 0 Å². The molecule has 6 nitrogen and oxygen atoms in total. The van der Waals surface area contributed by atoms with Gasteiger partial charge >= 0.3 is 0 Å². The van der Waals surface area contributed by atoms with Crippen LogP contribution in [0.25, 0.3) is 0 Å². The van der Waals surface area contributed by atoms with E-state index in [1.165, 1.54) is 24.7 Å². The molecule has 3 aromatic rings. The number of methoxy groups -OCH3 is 1. The highest BCUT2D eigenvalue weighted by Gasteiger charge is 2.13. The predicted molar refractivity (Wildman–Crippen MR) is 116 cm³/mol. The van der Waals surface area contributed by atoms with Gasteiger partial charge in [0.15, 0.2) is 11.5 Å². The Labute approximate surface area is 180 Å². The maximum atomic E-state index is 11.9. The molecule has 8 heteroatoms. The number of ether oxygens (including phenoxy) is 2. The van der Waals surface area contributed by atoms with Gasteiger partial charge in [-0.3, -0.25) is 4.79 Å². The van der Waals surface area contributed by atoms with Gasteiger partial charge in [0.25, 0.3) is 5.91 Å². The van der Waals surface area contributed by atoms with Crippen LogP contribution in [0.2, 0.25) is 0 Å². The number of carbonyl (C=O) groups is 1. The fourth-order valence-electron chi connectivity index (χ4n) is 2.49. The Morgan fingerprint density at radius 1 is 1.31 bits per heavy atom. The quantitative estimate of drug-likeness (QED) is 0.400. The van der Waals surface area contributed by atoms with Gasteiger partial charge in [-0.2, -0.15) is 10.4 Å². The van der Waals surface area contributed by atoms with Crippen molar-refractivity contribution in [1.82, 2.24) is 5.43 Å². The van der Waals surface area contributed by atoms with Gasteiger partial charge in [-0.05, 0) is 51.1 Å². The molecule has 0 radical (unpaired) electrons. The molecule has 2 aromatic carbocycles. The number of hydrogen-bond donors (Lipinski definition) is 1. The van der Waals surface area contributed by atoms with E-state index in [1.54, 1.807) is 30.3 Å². The first-order valence-electron chi connectivity index (χ1n) is 8.47. The second kappa shape index (κ2) is 9.87. The number of hydrogen-bond acceptors (Lipinski definition) is 6. The highest BCUT2D eigenvalue weighted by atomic mass is 79.9. The molecule has 0 saturated carbocycles. The molecule has 1 N–H and O–H groups in total. The Hall–Kier alpha value is -3.15. The van der Waals surface area contributed by atoms with Crippen molar-refractivity contribution in [2.75, 3.05) is 7.11 Å². The Morgan fingerprint density at radius 2 is 2.14 bits per heavy atom. The molecule has 0 fully saturated rings. The van der Waals surface area contributed by atoms with E-state index in [0.717, 1.165) is 5.56 Å². The number of halogens is 1. The molecule has 1 heterocycles. The molecular formula is C21H16BrN3O3S. The molecular weight excluding hydrogens is 454 g/mol. The van der Waals surface area contributed by atoms with Crippen LogP contribution in [0, 0.1) is 11.3 Å². The minimum Gasteiger partial charge on any atom is -0.493 e. The van der Waals surface area contributed by atoms with Crippen LogP contribution in [0.1, 0.15) is 26.4 Å². The van der Waals surface area contributed by atoms with E-state index < -0.39 is 0 Å². The summed E-state index contributed by atoms with van der Waals surface area (Å²) in [5, 5.41) is 15.0. The van der Waals surface area contributed by atoms with E-state index in [2.05, 4.69) is 32.5 Å². The number of carbonyl (C=O) groups excluding carboxylic acids is 1. The first kappa shape index (κ1) is 20.6. The highest BCUT2D eigenvalue weighted by molar-refractivity contribution is 9.10. The zero-order valence-corrected chi connectivity index (χ0v) is 17.8. The minimum absolute atomic E-state index is 0.225. The summed E-state index contributed by atoms with van der Waals surface area (Å²) in [5.74, 6) is 0.748. The van der Waals surface area contributed by atoms with Crippen molar-refractivity contribution in [2.45, 2.75) is 6.61 Å². The second-order valence-electron chi connectivity index (χ2n) is 5.77. The maximum Gasteiger partial charge on any atom is 0.281 e. The first-order valence-corrected chi connectivity index (χ1v) is 10.1. The summed E-state index contributed by atoms with van der Waals surface area (Å²) in [6.07, 6.45) is 1.52. The zero-order valence-electron chi connectivity index (χ0n) is 15.4. The molecule has 0 bridgehead atoms. The normalized spacial score (nSPS) is 10.5. The van der Waals surface area contributed by atoms with Crippen molar-refractivity contribution in [3.63, 3.8) is 0 Å². The van der Waals surface area contributed by atoms with E-state index in [4.69, 9.17) is 9.47 Å². The van der Waals surface area contributed by atoms with Gasteiger partial charge in [-0.25, -0.2) is 5.43 Å². The number of nitrogens with one attached hydrogen (secondary N) is 1. The Bertz CT molecular complexity index is 1080. The molecule has 0 aliphatic rings. The highest BCUT2D eigenvalue weighted by Crippen LogP contribution is 2.37. The number of nitriles is 1. The molecule has 29 heavy (non-hydrogen) atoms. The van der Waals surface area contributed by atoms with Crippen LogP contribution in [0.5, 0.6) is 11.5 Å². The summed E-state index contributed by atoms with van der Waals surface area (Å²) < 4.78 is 12.0. The fourth-order valence-corrected chi connectivity index (χ4v) is 3.68. The molecule has 146 valence electrons. The van der Waals surface area contributed by atoms with Gasteiger partial charge in [0.05, 0.1) is 34.3 Å². The Morgan fingerprint density at radius 3 is 2.86 bits per heavy atom. The van der Waals surface area contributed by atoms with Crippen LogP contribution in [-0.2, 0) is 6.61 Å². The summed E-state index contributed by atoms with van der Waals surface area (Å²) in [6.45, 7) is 0.225. The van der Waals surface area contributed by atoms with Crippen molar-refractivity contribution >= 4 is 39.4 Å². The number of rotatable bonds is 7. The fraction of sp³-hybridized carbons (Fsp3) is 0.0952. The molecule has 0 aliphatic carbocycles. The third kappa shape index (κ3) is 5.22. The summed E-state index contributed by atoms with van der Waals surface area (Å²) in [7, 11) is 1.54. The minimum atomic E-state index is -0.265. The van der Waals surface area contributed by atoms with Crippen molar-refractivity contribution in [3.8, 4) is 17.6 Å². The summed E-state index contributed by atoms with van der Waals surface area (Å²) in [4.78, 5) is 12.5. The Balaban J connectivity index is 1.72. The number of nitrogens with zero attached hydrogens (tertiary/aromatic N) is 2. The van der Waals surface area contributed by atoms with Gasteiger partial charge in [-0.15, -0.1) is 11.3 Å². The summed E-state index contributed by atoms with van der Waals surface area (Å²) in [6, 6.07) is 16.5. The maximum absolute atomic E-state index is 11.9. The van der Waals surface area contributed by atoms with Crippen molar-refractivity contribution in [1.29, 1.82) is 5.26 Å². The van der Waals surface area contributed by atoms with Gasteiger partial charge in [0, 0.05) is 5.56 Å². The molecule has 0 aliphatic heterocycles. The van der Waals surface area contributed by atoms with Crippen molar-refractivity contribution in [2.24, 2.45) is 5.10 Å². The third-order valence-electron chi connectivity index (χ3n) is 3.89. The number of benzene rings is 2. The molecule has 0 spiro atoms. The predicted octanol–water partition coefficient (Wildman–Crippen LogP) is 4.73. The van der Waals surface area contributed by atoms with E-state index >= 15 is 0 Å². The lowest BCUT2D eigenvalue weighted by Gasteiger charge is -2.14. The van der Waals surface area contributed by atoms with Gasteiger partial charge in [0.2, 0.25) is 0 Å². The van der Waals surface area contributed by atoms with Crippen molar-refractivity contribution in [3.05, 3.63) is 80.0 Å². The SMILES string of the molecule is COc1cc(/C=N\NC(=O)c2cccs2)cc(Br)c1OCc1ccccc1C#N. The Kier molecular flexibility index (Phi) is 7.00. The number of thiophene rings is 1. The molecule has 0 saturated heterocycles. The lowest BCUT2D eigenvalue weighted by atomic mass is 10.1. The second-order valence-corrected chi connectivity index (χ2v) is 7.57. The lowest BCUT2D eigenvalue weighted by Crippen LogP contribution is -2.16. The van der Waals surface area contributed by atoms with Crippen LogP contribution in [0.15, 0.2) is 63.5 Å². The van der Waals surface area contributed by atoms with Gasteiger partial charge in [0.1, 0.15) is 6.61 Å². The van der Waals surface area contributed by atoms with Crippen LogP contribution in [-0.4, -0.2) is 19.2 Å². The van der Waals surface area contributed by atoms with E-state index in [9.17, 15) is 10.1 Å². The van der Waals surface area contributed by atoms with Gasteiger partial charge < -0.3 is 9.47 Å². The zero-order chi connectivity index (χ0) is 20.6. The van der Waals surface area contributed by atoms with Crippen molar-refractivity contribution < 1.29 is 14.3 Å². The van der Waals surface area contributed by atoms with Crippen LogP contribution >= 0.6 is 27.3 Å². The van der Waals surface area contributed by atoms with Crippen LogP contribution in [0.3, 0.4) is 0 Å². The average Bonchev–Trinajstić information content (AvgIpc) is 3.28. The molecule has 0 unspecified atom stereocenters. The van der Waals surface area contributed by atoms with E-state index in [-0.39, 0.29) is 12.5 Å². The lowest BCUT2D eigenvalue weighted by molar-refractivity contribution is 0.0959. The molecule has 1 amide bonds. The number of amides is 1. The molecule has 3 rings (SSSR count). The van der Waals surface area contributed by atoms with Gasteiger partial charge in [-0.1, -0.05) is 24.3 Å². The third-order valence-corrected chi connectivity index (χ3v) is 5.34. The molecule has 1 aromatic heterocycles.